The second-order valence-corrected chi connectivity index (χ2v) is 4.43. The Morgan fingerprint density at radius 3 is 2.83 bits per heavy atom. The van der Waals surface area contributed by atoms with E-state index in [9.17, 15) is 9.59 Å². The fourth-order valence-corrected chi connectivity index (χ4v) is 2.13. The molecule has 6 heteroatoms. The maximum Gasteiger partial charge on any atom is 0.331 e. The van der Waals surface area contributed by atoms with E-state index < -0.39 is 18.0 Å². The lowest BCUT2D eigenvalue weighted by molar-refractivity contribution is -0.139. The van der Waals surface area contributed by atoms with Gasteiger partial charge in [0.2, 0.25) is 0 Å². The van der Waals surface area contributed by atoms with E-state index >= 15 is 0 Å². The summed E-state index contributed by atoms with van der Waals surface area (Å²) >= 11 is 1.28. The van der Waals surface area contributed by atoms with E-state index in [2.05, 4.69) is 11.2 Å². The molecule has 1 heterocycles. The predicted molar refractivity (Wildman–Crippen MR) is 69.3 cm³/mol. The Labute approximate surface area is 109 Å². The number of amides is 2. The number of carboxylic acid groups (broad SMARTS) is 1. The van der Waals surface area contributed by atoms with Crippen molar-refractivity contribution in [1.82, 2.24) is 10.2 Å². The van der Waals surface area contributed by atoms with Gasteiger partial charge in [-0.15, -0.1) is 17.8 Å². The van der Waals surface area contributed by atoms with Crippen LogP contribution in [0.1, 0.15) is 17.8 Å². The Morgan fingerprint density at radius 1 is 1.67 bits per heavy atom. The van der Waals surface area contributed by atoms with Gasteiger partial charge in [0.25, 0.3) is 0 Å². The van der Waals surface area contributed by atoms with E-state index in [1.807, 2.05) is 0 Å². The Balaban J connectivity index is 2.76. The van der Waals surface area contributed by atoms with Crippen molar-refractivity contribution in [2.24, 2.45) is 0 Å². The maximum atomic E-state index is 11.8. The summed E-state index contributed by atoms with van der Waals surface area (Å²) in [7, 11) is 0. The van der Waals surface area contributed by atoms with Crippen molar-refractivity contribution in [1.29, 1.82) is 0 Å². The molecule has 0 bridgehead atoms. The van der Waals surface area contributed by atoms with Crippen molar-refractivity contribution in [3.05, 3.63) is 22.4 Å². The average Bonchev–Trinajstić information content (AvgIpc) is 2.85. The topological polar surface area (TPSA) is 69.6 Å². The fraction of sp³-hybridized carbons (Fsp3) is 0.333. The normalized spacial score (nSPS) is 11.3. The number of hydrogen-bond donors (Lipinski definition) is 2. The Hall–Kier alpha value is -2.00. The molecule has 0 aliphatic carbocycles. The minimum Gasteiger partial charge on any atom is -0.479 e. The summed E-state index contributed by atoms with van der Waals surface area (Å²) in [5, 5.41) is 13.3. The van der Waals surface area contributed by atoms with Gasteiger partial charge in [-0.25, -0.2) is 9.59 Å². The van der Waals surface area contributed by atoms with Crippen molar-refractivity contribution < 1.29 is 14.7 Å². The van der Waals surface area contributed by atoms with Gasteiger partial charge in [0.15, 0.2) is 6.04 Å². The highest BCUT2D eigenvalue weighted by molar-refractivity contribution is 7.10. The molecule has 0 aromatic carbocycles. The molecule has 0 radical (unpaired) electrons. The number of carbonyl (C=O) groups excluding carboxylic acids is 1. The van der Waals surface area contributed by atoms with Gasteiger partial charge in [0.05, 0.1) is 6.54 Å². The van der Waals surface area contributed by atoms with Gasteiger partial charge in [0, 0.05) is 11.4 Å². The van der Waals surface area contributed by atoms with Gasteiger partial charge in [-0.1, -0.05) is 12.0 Å². The van der Waals surface area contributed by atoms with Crippen LogP contribution in [-0.4, -0.2) is 35.1 Å². The number of hydrogen-bond acceptors (Lipinski definition) is 3. The average molecular weight is 266 g/mol. The lowest BCUT2D eigenvalue weighted by Gasteiger charge is -2.21. The van der Waals surface area contributed by atoms with Crippen molar-refractivity contribution in [2.45, 2.75) is 13.0 Å². The van der Waals surface area contributed by atoms with Gasteiger partial charge in [-0.05, 0) is 18.4 Å². The van der Waals surface area contributed by atoms with Crippen molar-refractivity contribution >= 4 is 23.3 Å². The molecule has 1 rings (SSSR count). The largest absolute Gasteiger partial charge is 0.479 e. The summed E-state index contributed by atoms with van der Waals surface area (Å²) in [5.41, 5.74) is 0. The number of terminal acetylenes is 1. The minimum absolute atomic E-state index is 0.152. The number of nitrogens with zero attached hydrogens (tertiary/aromatic N) is 1. The highest BCUT2D eigenvalue weighted by Gasteiger charge is 2.24. The highest BCUT2D eigenvalue weighted by Crippen LogP contribution is 2.19. The van der Waals surface area contributed by atoms with E-state index in [1.54, 1.807) is 24.4 Å². The number of carboxylic acids is 1. The number of thiophene rings is 1. The van der Waals surface area contributed by atoms with Crippen molar-refractivity contribution in [2.75, 3.05) is 13.1 Å². The Kier molecular flexibility index (Phi) is 5.21. The number of rotatable bonds is 5. The van der Waals surface area contributed by atoms with E-state index in [0.717, 1.165) is 0 Å². The quantitative estimate of drug-likeness (QED) is 0.794. The maximum absolute atomic E-state index is 11.8. The molecule has 0 saturated carbocycles. The molecule has 96 valence electrons. The summed E-state index contributed by atoms with van der Waals surface area (Å²) in [4.78, 5) is 24.9. The molecule has 2 N–H and O–H groups in total. The number of urea groups is 1. The van der Waals surface area contributed by atoms with Crippen LogP contribution in [0, 0.1) is 12.3 Å². The molecule has 1 atom stereocenters. The standard InChI is InChI=1S/C12H14N2O3S/c1-3-7-14(4-2)12(17)13-10(11(15)16)9-6-5-8-18-9/h1,5-6,8,10H,4,7H2,2H3,(H,13,17)(H,15,16). The predicted octanol–water partition coefficient (Wildman–Crippen LogP) is 1.54. The molecule has 5 nitrogen and oxygen atoms in total. The summed E-state index contributed by atoms with van der Waals surface area (Å²) in [5.74, 6) is 1.26. The van der Waals surface area contributed by atoms with Crippen LogP contribution in [0.3, 0.4) is 0 Å². The molecule has 0 aliphatic heterocycles. The lowest BCUT2D eigenvalue weighted by Crippen LogP contribution is -2.43. The summed E-state index contributed by atoms with van der Waals surface area (Å²) in [6.07, 6.45) is 5.14. The second-order valence-electron chi connectivity index (χ2n) is 3.45. The van der Waals surface area contributed by atoms with Crippen LogP contribution in [0.4, 0.5) is 4.79 Å². The van der Waals surface area contributed by atoms with Gasteiger partial charge in [-0.3, -0.25) is 0 Å². The van der Waals surface area contributed by atoms with Crippen LogP contribution in [0.5, 0.6) is 0 Å². The summed E-state index contributed by atoms with van der Waals surface area (Å²) in [6, 6.07) is 1.89. The molecule has 1 unspecified atom stereocenters. The Bertz CT molecular complexity index is 450. The fourth-order valence-electron chi connectivity index (χ4n) is 1.36. The smallest absolute Gasteiger partial charge is 0.331 e. The molecule has 18 heavy (non-hydrogen) atoms. The molecule has 0 saturated heterocycles. The first-order chi connectivity index (χ1) is 8.60. The van der Waals surface area contributed by atoms with Gasteiger partial charge >= 0.3 is 12.0 Å². The zero-order chi connectivity index (χ0) is 13.5. The van der Waals surface area contributed by atoms with Crippen LogP contribution < -0.4 is 5.32 Å². The third kappa shape index (κ3) is 3.50. The van der Waals surface area contributed by atoms with Crippen molar-refractivity contribution in [3.8, 4) is 12.3 Å². The molecule has 1 aromatic rings. The first-order valence-electron chi connectivity index (χ1n) is 5.35. The molecule has 0 fully saturated rings. The monoisotopic (exact) mass is 266 g/mol. The first-order valence-corrected chi connectivity index (χ1v) is 6.23. The third-order valence-corrected chi connectivity index (χ3v) is 3.23. The zero-order valence-electron chi connectivity index (χ0n) is 9.92. The molecule has 1 aromatic heterocycles. The SMILES string of the molecule is C#CCN(CC)C(=O)NC(C(=O)O)c1cccs1. The zero-order valence-corrected chi connectivity index (χ0v) is 10.7. The number of carbonyl (C=O) groups is 2. The first kappa shape index (κ1) is 14.1. The van der Waals surface area contributed by atoms with Crippen molar-refractivity contribution in [3.63, 3.8) is 0 Å². The number of aliphatic carboxylic acids is 1. The van der Waals surface area contributed by atoms with Gasteiger partial charge in [-0.2, -0.15) is 0 Å². The molecule has 0 aliphatic rings. The minimum atomic E-state index is -1.09. The van der Waals surface area contributed by atoms with Gasteiger partial charge < -0.3 is 15.3 Å². The van der Waals surface area contributed by atoms with Crippen LogP contribution in [0.15, 0.2) is 17.5 Å². The summed E-state index contributed by atoms with van der Waals surface area (Å²) < 4.78 is 0. The molecular weight excluding hydrogens is 252 g/mol. The molecule has 0 spiro atoms. The van der Waals surface area contributed by atoms with Crippen LogP contribution in [0.25, 0.3) is 0 Å². The van der Waals surface area contributed by atoms with E-state index in [4.69, 9.17) is 11.5 Å². The third-order valence-electron chi connectivity index (χ3n) is 2.29. The summed E-state index contributed by atoms with van der Waals surface area (Å²) in [6.45, 7) is 2.35. The van der Waals surface area contributed by atoms with Gasteiger partial charge in [0.1, 0.15) is 0 Å². The number of nitrogens with one attached hydrogen (secondary N) is 1. The molecular formula is C12H14N2O3S. The molecule has 2 amide bonds. The van der Waals surface area contributed by atoms with Crippen LogP contribution >= 0.6 is 11.3 Å². The van der Waals surface area contributed by atoms with E-state index in [0.29, 0.717) is 11.4 Å². The van der Waals surface area contributed by atoms with E-state index in [1.165, 1.54) is 16.2 Å². The van der Waals surface area contributed by atoms with Crippen LogP contribution in [0.2, 0.25) is 0 Å². The Morgan fingerprint density at radius 2 is 2.39 bits per heavy atom. The van der Waals surface area contributed by atoms with E-state index in [-0.39, 0.29) is 6.54 Å². The second kappa shape index (κ2) is 6.67. The van der Waals surface area contributed by atoms with Crippen LogP contribution in [-0.2, 0) is 4.79 Å². The highest BCUT2D eigenvalue weighted by atomic mass is 32.1. The lowest BCUT2D eigenvalue weighted by atomic mass is 10.2.